The van der Waals surface area contributed by atoms with Crippen molar-refractivity contribution in [2.24, 2.45) is 0 Å². The van der Waals surface area contributed by atoms with Crippen LogP contribution in [0.4, 0.5) is 0 Å². The number of hydrogen-bond donors (Lipinski definition) is 0. The van der Waals surface area contributed by atoms with E-state index in [1.165, 1.54) is 11.3 Å². The molecule has 1 rings (SSSR count). The SMILES string of the molecule is CCc1nc(CS(=O)(=O)CC(=O)N(C(C)C)C(C)C)cs1. The van der Waals surface area contributed by atoms with Gasteiger partial charge in [0.05, 0.1) is 16.5 Å². The number of sulfone groups is 1. The summed E-state index contributed by atoms with van der Waals surface area (Å²) in [7, 11) is -3.49. The first-order valence-electron chi connectivity index (χ1n) is 7.11. The smallest absolute Gasteiger partial charge is 0.238 e. The van der Waals surface area contributed by atoms with E-state index in [9.17, 15) is 13.2 Å². The molecular weight excluding hydrogens is 308 g/mol. The molecule has 0 aliphatic carbocycles. The number of rotatable bonds is 7. The molecule has 21 heavy (non-hydrogen) atoms. The fourth-order valence-electron chi connectivity index (χ4n) is 2.29. The van der Waals surface area contributed by atoms with Gasteiger partial charge in [0.15, 0.2) is 9.84 Å². The van der Waals surface area contributed by atoms with Crippen LogP contribution in [-0.4, -0.2) is 42.0 Å². The molecule has 0 aliphatic heterocycles. The number of thiazole rings is 1. The highest BCUT2D eigenvalue weighted by Crippen LogP contribution is 2.14. The lowest BCUT2D eigenvalue weighted by Gasteiger charge is -2.30. The van der Waals surface area contributed by atoms with Crippen LogP contribution < -0.4 is 0 Å². The second-order valence-electron chi connectivity index (χ2n) is 5.61. The van der Waals surface area contributed by atoms with Crippen molar-refractivity contribution in [2.45, 2.75) is 58.9 Å². The molecule has 0 aliphatic rings. The summed E-state index contributed by atoms with van der Waals surface area (Å²) >= 11 is 1.45. The molecule has 0 unspecified atom stereocenters. The van der Waals surface area contributed by atoms with Crippen LogP contribution in [0.3, 0.4) is 0 Å². The third-order valence-corrected chi connectivity index (χ3v) is 5.48. The Labute approximate surface area is 131 Å². The molecule has 0 bridgehead atoms. The molecule has 0 N–H and O–H groups in total. The summed E-state index contributed by atoms with van der Waals surface area (Å²) in [5, 5.41) is 2.67. The molecule has 1 amide bonds. The molecule has 0 spiro atoms. The molecular formula is C14H24N2O3S2. The number of nitrogens with zero attached hydrogens (tertiary/aromatic N) is 2. The van der Waals surface area contributed by atoms with Crippen molar-refractivity contribution >= 4 is 27.1 Å². The lowest BCUT2D eigenvalue weighted by Crippen LogP contribution is -2.45. The van der Waals surface area contributed by atoms with E-state index in [2.05, 4.69) is 4.98 Å². The molecule has 1 heterocycles. The van der Waals surface area contributed by atoms with Crippen molar-refractivity contribution < 1.29 is 13.2 Å². The Morgan fingerprint density at radius 2 is 1.86 bits per heavy atom. The van der Waals surface area contributed by atoms with E-state index in [4.69, 9.17) is 0 Å². The van der Waals surface area contributed by atoms with Crippen LogP contribution in [0.2, 0.25) is 0 Å². The predicted molar refractivity (Wildman–Crippen MR) is 86.1 cm³/mol. The van der Waals surface area contributed by atoms with Gasteiger partial charge in [-0.05, 0) is 34.1 Å². The largest absolute Gasteiger partial charge is 0.337 e. The second-order valence-corrected chi connectivity index (χ2v) is 8.61. The Kier molecular flexibility index (Phi) is 6.34. The van der Waals surface area contributed by atoms with Gasteiger partial charge >= 0.3 is 0 Å². The van der Waals surface area contributed by atoms with Crippen LogP contribution in [0, 0.1) is 0 Å². The summed E-state index contributed by atoms with van der Waals surface area (Å²) in [5.74, 6) is -0.965. The standard InChI is InChI=1S/C14H24N2O3S2/c1-6-13-15-12(7-20-13)8-21(18,19)9-14(17)16(10(2)3)11(4)5/h7,10-11H,6,8-9H2,1-5H3. The summed E-state index contributed by atoms with van der Waals surface area (Å²) in [5.41, 5.74) is 0.533. The average molecular weight is 332 g/mol. The third kappa shape index (κ3) is 5.39. The van der Waals surface area contributed by atoms with E-state index < -0.39 is 15.6 Å². The number of amides is 1. The minimum Gasteiger partial charge on any atom is -0.337 e. The maximum Gasteiger partial charge on any atom is 0.238 e. The van der Waals surface area contributed by atoms with Crippen molar-refractivity contribution in [3.05, 3.63) is 16.1 Å². The Balaban J connectivity index is 2.77. The van der Waals surface area contributed by atoms with Crippen molar-refractivity contribution in [1.29, 1.82) is 0 Å². The monoisotopic (exact) mass is 332 g/mol. The normalized spacial score (nSPS) is 12.1. The highest BCUT2D eigenvalue weighted by Gasteiger charge is 2.26. The maximum absolute atomic E-state index is 12.2. The lowest BCUT2D eigenvalue weighted by atomic mass is 10.2. The minimum absolute atomic E-state index is 0.0151. The van der Waals surface area contributed by atoms with Gasteiger partial charge in [-0.25, -0.2) is 13.4 Å². The molecule has 7 heteroatoms. The van der Waals surface area contributed by atoms with Crippen LogP contribution in [0.15, 0.2) is 5.38 Å². The molecule has 1 aromatic rings. The summed E-state index contributed by atoms with van der Waals surface area (Å²) in [6.45, 7) is 9.53. The Bertz CT molecular complexity index is 569. The van der Waals surface area contributed by atoms with Crippen LogP contribution in [0.25, 0.3) is 0 Å². The molecule has 120 valence electrons. The van der Waals surface area contributed by atoms with Gasteiger partial charge in [0, 0.05) is 17.5 Å². The zero-order valence-electron chi connectivity index (χ0n) is 13.3. The van der Waals surface area contributed by atoms with Gasteiger partial charge in [-0.3, -0.25) is 4.79 Å². The van der Waals surface area contributed by atoms with Gasteiger partial charge in [0.2, 0.25) is 5.91 Å². The van der Waals surface area contributed by atoms with Crippen LogP contribution >= 0.6 is 11.3 Å². The van der Waals surface area contributed by atoms with Crippen LogP contribution in [0.5, 0.6) is 0 Å². The zero-order chi connectivity index (χ0) is 16.2. The van der Waals surface area contributed by atoms with Gasteiger partial charge in [-0.2, -0.15) is 0 Å². The Morgan fingerprint density at radius 1 is 1.29 bits per heavy atom. The summed E-state index contributed by atoms with van der Waals surface area (Å²) in [6, 6.07) is -0.0302. The predicted octanol–water partition coefficient (Wildman–Crippen LogP) is 2.27. The summed E-state index contributed by atoms with van der Waals surface area (Å²) in [6.07, 6.45) is 0.790. The van der Waals surface area contributed by atoms with Gasteiger partial charge in [0.1, 0.15) is 5.75 Å². The van der Waals surface area contributed by atoms with Gasteiger partial charge < -0.3 is 4.90 Å². The molecule has 0 atom stereocenters. The second kappa shape index (κ2) is 7.35. The van der Waals surface area contributed by atoms with E-state index in [1.54, 1.807) is 10.3 Å². The van der Waals surface area contributed by atoms with E-state index in [0.29, 0.717) is 5.69 Å². The number of aryl methyl sites for hydroxylation is 1. The average Bonchev–Trinajstić information content (AvgIpc) is 2.73. The van der Waals surface area contributed by atoms with E-state index >= 15 is 0 Å². The number of hydrogen-bond acceptors (Lipinski definition) is 5. The molecule has 0 radical (unpaired) electrons. The molecule has 0 aromatic carbocycles. The molecule has 0 saturated carbocycles. The quantitative estimate of drug-likeness (QED) is 0.768. The summed E-state index contributed by atoms with van der Waals surface area (Å²) < 4.78 is 24.3. The summed E-state index contributed by atoms with van der Waals surface area (Å²) in [4.78, 5) is 18.1. The third-order valence-electron chi connectivity index (χ3n) is 3.01. The number of carbonyl (C=O) groups excluding carboxylic acids is 1. The highest BCUT2D eigenvalue weighted by atomic mass is 32.2. The van der Waals surface area contributed by atoms with Crippen molar-refractivity contribution in [3.8, 4) is 0 Å². The first-order chi connectivity index (χ1) is 9.66. The maximum atomic E-state index is 12.2. The fraction of sp³-hybridized carbons (Fsp3) is 0.714. The first-order valence-corrected chi connectivity index (χ1v) is 9.81. The lowest BCUT2D eigenvalue weighted by molar-refractivity contribution is -0.131. The minimum atomic E-state index is -3.49. The van der Waals surface area contributed by atoms with E-state index in [0.717, 1.165) is 11.4 Å². The first kappa shape index (κ1) is 18.1. The van der Waals surface area contributed by atoms with Crippen molar-refractivity contribution in [2.75, 3.05) is 5.75 Å². The molecule has 1 aromatic heterocycles. The number of carbonyl (C=O) groups is 1. The van der Waals surface area contributed by atoms with Crippen molar-refractivity contribution in [3.63, 3.8) is 0 Å². The topological polar surface area (TPSA) is 67.3 Å². The van der Waals surface area contributed by atoms with Crippen molar-refractivity contribution in [1.82, 2.24) is 9.88 Å². The van der Waals surface area contributed by atoms with E-state index in [-0.39, 0.29) is 23.7 Å². The van der Waals surface area contributed by atoms with Crippen LogP contribution in [0.1, 0.15) is 45.3 Å². The Morgan fingerprint density at radius 3 is 2.29 bits per heavy atom. The van der Waals surface area contributed by atoms with Gasteiger partial charge in [-0.1, -0.05) is 6.92 Å². The highest BCUT2D eigenvalue weighted by molar-refractivity contribution is 7.91. The Hall–Kier alpha value is -0.950. The molecule has 0 fully saturated rings. The molecule has 0 saturated heterocycles. The van der Waals surface area contributed by atoms with Gasteiger partial charge in [0.25, 0.3) is 0 Å². The zero-order valence-corrected chi connectivity index (χ0v) is 14.9. The molecule has 5 nitrogen and oxygen atoms in total. The van der Waals surface area contributed by atoms with E-state index in [1.807, 2.05) is 34.6 Å². The fourth-order valence-corrected chi connectivity index (χ4v) is 4.37. The van der Waals surface area contributed by atoms with Gasteiger partial charge in [-0.15, -0.1) is 11.3 Å². The van der Waals surface area contributed by atoms with Crippen LogP contribution in [-0.2, 0) is 26.8 Å². The number of aromatic nitrogens is 1.